The molecule has 24 heavy (non-hydrogen) atoms. The van der Waals surface area contributed by atoms with Crippen molar-refractivity contribution in [3.05, 3.63) is 64.8 Å². The van der Waals surface area contributed by atoms with E-state index in [0.29, 0.717) is 5.56 Å². The minimum absolute atomic E-state index is 0.156. The lowest BCUT2D eigenvalue weighted by atomic mass is 10.1. The number of methoxy groups -OCH3 is 1. The maximum atomic E-state index is 12.7. The molecule has 0 saturated carbocycles. The molecule has 122 valence electrons. The number of rotatable bonds is 3. The first-order valence-electron chi connectivity index (χ1n) is 7.82. The van der Waals surface area contributed by atoms with Crippen LogP contribution in [-0.4, -0.2) is 18.0 Å². The number of ether oxygens (including phenoxy) is 1. The van der Waals surface area contributed by atoms with Crippen LogP contribution in [0.3, 0.4) is 0 Å². The van der Waals surface area contributed by atoms with Crippen LogP contribution in [0.2, 0.25) is 0 Å². The minimum atomic E-state index is -0.156. The number of pyridine rings is 1. The molecule has 0 aliphatic heterocycles. The van der Waals surface area contributed by atoms with Gasteiger partial charge in [-0.1, -0.05) is 11.6 Å². The van der Waals surface area contributed by atoms with Gasteiger partial charge in [0.1, 0.15) is 5.75 Å². The summed E-state index contributed by atoms with van der Waals surface area (Å²) in [4.78, 5) is 17.2. The molecule has 0 atom stereocenters. The second-order valence-electron chi connectivity index (χ2n) is 5.95. The maximum absolute atomic E-state index is 12.7. The number of amides is 1. The average Bonchev–Trinajstić information content (AvgIpc) is 2.56. The molecular formula is C20H20N2O2. The lowest BCUT2D eigenvalue weighted by Crippen LogP contribution is -2.15. The number of hydrogen-bond acceptors (Lipinski definition) is 3. The number of aromatic nitrogens is 1. The minimum Gasteiger partial charge on any atom is -0.497 e. The zero-order valence-corrected chi connectivity index (χ0v) is 14.3. The summed E-state index contributed by atoms with van der Waals surface area (Å²) in [6.45, 7) is 5.82. The maximum Gasteiger partial charge on any atom is 0.257 e. The lowest BCUT2D eigenvalue weighted by Gasteiger charge is -2.12. The first-order chi connectivity index (χ1) is 11.5. The van der Waals surface area contributed by atoms with E-state index in [2.05, 4.69) is 10.3 Å². The predicted molar refractivity (Wildman–Crippen MR) is 96.9 cm³/mol. The standard InChI is InChI=1S/C20H20N2O2/c1-12-5-7-19-15(9-12)11-17(14(3)21-19)20(23)22-18-8-6-16(24-4)10-13(18)2/h5-11H,1-4H3,(H,22,23). The summed E-state index contributed by atoms with van der Waals surface area (Å²) in [7, 11) is 1.62. The molecule has 0 fully saturated rings. The molecule has 0 spiro atoms. The SMILES string of the molecule is COc1ccc(NC(=O)c2cc3cc(C)ccc3nc2C)c(C)c1. The van der Waals surface area contributed by atoms with Gasteiger partial charge in [0.15, 0.2) is 0 Å². The summed E-state index contributed by atoms with van der Waals surface area (Å²) in [6.07, 6.45) is 0. The fraction of sp³-hybridized carbons (Fsp3) is 0.200. The van der Waals surface area contributed by atoms with Crippen molar-refractivity contribution in [2.75, 3.05) is 12.4 Å². The molecule has 0 bridgehead atoms. The number of carbonyl (C=O) groups excluding carboxylic acids is 1. The highest BCUT2D eigenvalue weighted by molar-refractivity contribution is 6.07. The van der Waals surface area contributed by atoms with E-state index in [9.17, 15) is 4.79 Å². The number of nitrogens with one attached hydrogen (secondary N) is 1. The zero-order chi connectivity index (χ0) is 17.3. The van der Waals surface area contributed by atoms with Crippen LogP contribution in [0.25, 0.3) is 10.9 Å². The van der Waals surface area contributed by atoms with E-state index in [0.717, 1.165) is 39.2 Å². The molecule has 3 aromatic rings. The summed E-state index contributed by atoms with van der Waals surface area (Å²) in [5, 5.41) is 3.93. The van der Waals surface area contributed by atoms with Crippen LogP contribution in [0.1, 0.15) is 27.2 Å². The van der Waals surface area contributed by atoms with Crippen molar-refractivity contribution >= 4 is 22.5 Å². The Morgan fingerprint density at radius 1 is 1.04 bits per heavy atom. The van der Waals surface area contributed by atoms with Crippen molar-refractivity contribution < 1.29 is 9.53 Å². The Hall–Kier alpha value is -2.88. The van der Waals surface area contributed by atoms with Crippen molar-refractivity contribution in [1.29, 1.82) is 0 Å². The van der Waals surface area contributed by atoms with E-state index >= 15 is 0 Å². The van der Waals surface area contributed by atoms with Gasteiger partial charge >= 0.3 is 0 Å². The molecule has 0 aliphatic rings. The molecule has 0 aliphatic carbocycles. The Labute approximate surface area is 141 Å². The third-order valence-electron chi connectivity index (χ3n) is 4.09. The first-order valence-corrected chi connectivity index (χ1v) is 7.82. The van der Waals surface area contributed by atoms with Crippen molar-refractivity contribution in [1.82, 2.24) is 4.98 Å². The van der Waals surface area contributed by atoms with Gasteiger partial charge in [-0.3, -0.25) is 9.78 Å². The molecule has 0 radical (unpaired) electrons. The van der Waals surface area contributed by atoms with Crippen LogP contribution in [0.15, 0.2) is 42.5 Å². The normalized spacial score (nSPS) is 10.7. The molecule has 4 heteroatoms. The third-order valence-corrected chi connectivity index (χ3v) is 4.09. The van der Waals surface area contributed by atoms with Gasteiger partial charge in [-0.15, -0.1) is 0 Å². The van der Waals surface area contributed by atoms with E-state index < -0.39 is 0 Å². The molecule has 0 saturated heterocycles. The molecule has 1 amide bonds. The number of fused-ring (bicyclic) bond motifs is 1. The molecule has 1 aromatic heterocycles. The predicted octanol–water partition coefficient (Wildman–Crippen LogP) is 4.42. The van der Waals surface area contributed by atoms with Crippen molar-refractivity contribution in [3.63, 3.8) is 0 Å². The largest absolute Gasteiger partial charge is 0.497 e. The van der Waals surface area contributed by atoms with Gasteiger partial charge in [-0.2, -0.15) is 0 Å². The van der Waals surface area contributed by atoms with Crippen LogP contribution >= 0.6 is 0 Å². The number of carbonyl (C=O) groups is 1. The second-order valence-corrected chi connectivity index (χ2v) is 5.95. The van der Waals surface area contributed by atoms with Gasteiger partial charge in [0.2, 0.25) is 0 Å². The number of anilines is 1. The van der Waals surface area contributed by atoms with Gasteiger partial charge < -0.3 is 10.1 Å². The first kappa shape index (κ1) is 16.0. The summed E-state index contributed by atoms with van der Waals surface area (Å²) in [5.74, 6) is 0.612. The van der Waals surface area contributed by atoms with Crippen LogP contribution in [-0.2, 0) is 0 Å². The molecule has 1 heterocycles. The van der Waals surface area contributed by atoms with Gasteiger partial charge in [0.25, 0.3) is 5.91 Å². The number of aryl methyl sites for hydroxylation is 3. The van der Waals surface area contributed by atoms with Crippen molar-refractivity contribution in [2.24, 2.45) is 0 Å². The van der Waals surface area contributed by atoms with Crippen LogP contribution in [0.5, 0.6) is 5.75 Å². The molecular weight excluding hydrogens is 300 g/mol. The van der Waals surface area contributed by atoms with E-state index in [1.165, 1.54) is 0 Å². The monoisotopic (exact) mass is 320 g/mol. The second kappa shape index (κ2) is 6.32. The van der Waals surface area contributed by atoms with Crippen LogP contribution in [0.4, 0.5) is 5.69 Å². The highest BCUT2D eigenvalue weighted by Crippen LogP contribution is 2.23. The Morgan fingerprint density at radius 3 is 2.54 bits per heavy atom. The van der Waals surface area contributed by atoms with E-state index in [4.69, 9.17) is 4.74 Å². The number of nitrogens with zero attached hydrogens (tertiary/aromatic N) is 1. The Balaban J connectivity index is 1.95. The van der Waals surface area contributed by atoms with Gasteiger partial charge in [-0.25, -0.2) is 0 Å². The van der Waals surface area contributed by atoms with Crippen LogP contribution < -0.4 is 10.1 Å². The van der Waals surface area contributed by atoms with Crippen molar-refractivity contribution in [2.45, 2.75) is 20.8 Å². The van der Waals surface area contributed by atoms with Crippen molar-refractivity contribution in [3.8, 4) is 5.75 Å². The van der Waals surface area contributed by atoms with Crippen LogP contribution in [0, 0.1) is 20.8 Å². The van der Waals surface area contributed by atoms with E-state index in [-0.39, 0.29) is 5.91 Å². The van der Waals surface area contributed by atoms with E-state index in [1.54, 1.807) is 7.11 Å². The fourth-order valence-corrected chi connectivity index (χ4v) is 2.72. The third kappa shape index (κ3) is 3.08. The Kier molecular flexibility index (Phi) is 4.21. The van der Waals surface area contributed by atoms with E-state index in [1.807, 2.05) is 63.2 Å². The number of hydrogen-bond donors (Lipinski definition) is 1. The molecule has 0 unspecified atom stereocenters. The van der Waals surface area contributed by atoms with Gasteiger partial charge in [-0.05, 0) is 62.7 Å². The Bertz CT molecular complexity index is 932. The Morgan fingerprint density at radius 2 is 1.83 bits per heavy atom. The molecule has 2 aromatic carbocycles. The molecule has 3 rings (SSSR count). The summed E-state index contributed by atoms with van der Waals surface area (Å²) >= 11 is 0. The topological polar surface area (TPSA) is 51.2 Å². The lowest BCUT2D eigenvalue weighted by molar-refractivity contribution is 0.102. The molecule has 1 N–H and O–H groups in total. The highest BCUT2D eigenvalue weighted by Gasteiger charge is 2.13. The van der Waals surface area contributed by atoms with Gasteiger partial charge in [0, 0.05) is 11.1 Å². The van der Waals surface area contributed by atoms with Gasteiger partial charge in [0.05, 0.1) is 23.9 Å². The smallest absolute Gasteiger partial charge is 0.257 e. The summed E-state index contributed by atoms with van der Waals surface area (Å²) < 4.78 is 5.20. The summed E-state index contributed by atoms with van der Waals surface area (Å²) in [6, 6.07) is 13.5. The highest BCUT2D eigenvalue weighted by atomic mass is 16.5. The summed E-state index contributed by atoms with van der Waals surface area (Å²) in [5.41, 5.74) is 5.06. The fourth-order valence-electron chi connectivity index (χ4n) is 2.72. The quantitative estimate of drug-likeness (QED) is 0.777. The average molecular weight is 320 g/mol. The number of benzene rings is 2. The zero-order valence-electron chi connectivity index (χ0n) is 14.3. The molecule has 4 nitrogen and oxygen atoms in total.